The smallest absolute Gasteiger partial charge is 0.222 e. The van der Waals surface area contributed by atoms with Crippen LogP contribution in [0.1, 0.15) is 53.5 Å². The van der Waals surface area contributed by atoms with Gasteiger partial charge in [-0.2, -0.15) is 5.26 Å². The van der Waals surface area contributed by atoms with E-state index in [2.05, 4.69) is 30.3 Å². The summed E-state index contributed by atoms with van der Waals surface area (Å²) >= 11 is 0. The Labute approximate surface area is 183 Å². The molecule has 1 atom stereocenters. The Morgan fingerprint density at radius 3 is 2.52 bits per heavy atom. The molecule has 0 saturated heterocycles. The number of ketones is 1. The number of hydrogen-bond donors (Lipinski definition) is 0. The van der Waals surface area contributed by atoms with Crippen LogP contribution in [-0.4, -0.2) is 36.8 Å². The number of benzene rings is 2. The Balaban J connectivity index is 1.49. The first kappa shape index (κ1) is 21.1. The van der Waals surface area contributed by atoms with Gasteiger partial charge < -0.3 is 14.4 Å². The number of fused-ring (bicyclic) bond motifs is 2. The maximum Gasteiger partial charge on any atom is 0.222 e. The van der Waals surface area contributed by atoms with Crippen LogP contribution < -0.4 is 4.74 Å². The molecule has 0 aromatic heterocycles. The normalized spacial score (nSPS) is 15.5. The number of carbonyl (C=O) groups is 2. The molecule has 5 nitrogen and oxygen atoms in total. The highest BCUT2D eigenvalue weighted by Gasteiger charge is 2.29. The number of rotatable bonds is 7. The van der Waals surface area contributed by atoms with Crippen molar-refractivity contribution >= 4 is 11.7 Å². The lowest BCUT2D eigenvalue weighted by molar-refractivity contribution is -0.131. The van der Waals surface area contributed by atoms with Gasteiger partial charge in [0.05, 0.1) is 18.2 Å². The fourth-order valence-electron chi connectivity index (χ4n) is 4.98. The molecule has 0 saturated carbocycles. The molecular formula is C26H28N2O3. The number of nitrogens with zero attached hydrogens (tertiary/aromatic N) is 2. The van der Waals surface area contributed by atoms with Gasteiger partial charge in [-0.1, -0.05) is 24.3 Å². The molecule has 5 heteroatoms. The van der Waals surface area contributed by atoms with Crippen molar-refractivity contribution < 1.29 is 14.3 Å². The molecule has 4 rings (SSSR count). The van der Waals surface area contributed by atoms with Gasteiger partial charge in [-0.15, -0.1) is 0 Å². The molecule has 2 aliphatic rings. The zero-order valence-corrected chi connectivity index (χ0v) is 18.2. The number of carbonyl (C=O) groups excluding carboxylic acids is 2. The van der Waals surface area contributed by atoms with Crippen molar-refractivity contribution in [2.24, 2.45) is 5.92 Å². The van der Waals surface area contributed by atoms with Gasteiger partial charge in [0, 0.05) is 38.8 Å². The first-order valence-corrected chi connectivity index (χ1v) is 10.9. The maximum atomic E-state index is 13.1. The van der Waals surface area contributed by atoms with Crippen LogP contribution in [0, 0.1) is 17.2 Å². The highest BCUT2D eigenvalue weighted by atomic mass is 16.5. The maximum absolute atomic E-state index is 13.1. The summed E-state index contributed by atoms with van der Waals surface area (Å²) in [6.45, 7) is 2.82. The molecule has 0 fully saturated rings. The SMILES string of the molecule is CC(=O)CC(CC(=O)N(C)CC1Cc2ccccc2C1)c1cc(C#N)cc2c1OCC2. The molecule has 160 valence electrons. The second-order valence-electron chi connectivity index (χ2n) is 8.89. The van der Waals surface area contributed by atoms with E-state index in [4.69, 9.17) is 4.74 Å². The van der Waals surface area contributed by atoms with Crippen LogP contribution in [0.4, 0.5) is 0 Å². The third-order valence-electron chi connectivity index (χ3n) is 6.43. The predicted molar refractivity (Wildman–Crippen MR) is 118 cm³/mol. The van der Waals surface area contributed by atoms with E-state index in [-0.39, 0.29) is 30.4 Å². The van der Waals surface area contributed by atoms with E-state index in [1.807, 2.05) is 13.1 Å². The van der Waals surface area contributed by atoms with Crippen LogP contribution in [-0.2, 0) is 28.9 Å². The van der Waals surface area contributed by atoms with Gasteiger partial charge in [0.1, 0.15) is 11.5 Å². The second-order valence-corrected chi connectivity index (χ2v) is 8.89. The second kappa shape index (κ2) is 8.93. The lowest BCUT2D eigenvalue weighted by atomic mass is 9.87. The van der Waals surface area contributed by atoms with Crippen molar-refractivity contribution in [2.45, 2.75) is 44.9 Å². The van der Waals surface area contributed by atoms with Gasteiger partial charge in [0.15, 0.2) is 0 Å². The van der Waals surface area contributed by atoms with Crippen LogP contribution in [0.25, 0.3) is 0 Å². The number of ether oxygens (including phenoxy) is 1. The number of Topliss-reactive ketones (excluding diaryl/α,β-unsaturated/α-hetero) is 1. The first-order valence-electron chi connectivity index (χ1n) is 10.9. The molecule has 2 aromatic carbocycles. The van der Waals surface area contributed by atoms with Crippen LogP contribution >= 0.6 is 0 Å². The van der Waals surface area contributed by atoms with Gasteiger partial charge in [0.2, 0.25) is 5.91 Å². The molecular weight excluding hydrogens is 388 g/mol. The summed E-state index contributed by atoms with van der Waals surface area (Å²) in [6.07, 6.45) is 3.24. The zero-order valence-electron chi connectivity index (χ0n) is 18.2. The Morgan fingerprint density at radius 2 is 1.87 bits per heavy atom. The van der Waals surface area contributed by atoms with Crippen molar-refractivity contribution in [3.63, 3.8) is 0 Å². The van der Waals surface area contributed by atoms with Gasteiger partial charge in [-0.3, -0.25) is 4.79 Å². The molecule has 31 heavy (non-hydrogen) atoms. The third-order valence-corrected chi connectivity index (χ3v) is 6.43. The van der Waals surface area contributed by atoms with E-state index in [1.54, 1.807) is 17.9 Å². The van der Waals surface area contributed by atoms with Crippen molar-refractivity contribution in [1.29, 1.82) is 5.26 Å². The number of amides is 1. The van der Waals surface area contributed by atoms with Crippen molar-refractivity contribution in [1.82, 2.24) is 4.90 Å². The molecule has 1 unspecified atom stereocenters. The minimum atomic E-state index is -0.284. The highest BCUT2D eigenvalue weighted by molar-refractivity contribution is 5.81. The molecule has 0 N–H and O–H groups in total. The largest absolute Gasteiger partial charge is 0.493 e. The fraction of sp³-hybridized carbons (Fsp3) is 0.423. The number of hydrogen-bond acceptors (Lipinski definition) is 4. The summed E-state index contributed by atoms with van der Waals surface area (Å²) in [6, 6.07) is 14.3. The zero-order chi connectivity index (χ0) is 22.0. The molecule has 1 aliphatic heterocycles. The molecule has 0 spiro atoms. The molecule has 1 amide bonds. The van der Waals surface area contributed by atoms with Gasteiger partial charge in [-0.05, 0) is 60.1 Å². The molecule has 0 bridgehead atoms. The van der Waals surface area contributed by atoms with E-state index in [9.17, 15) is 14.9 Å². The summed E-state index contributed by atoms with van der Waals surface area (Å²) in [4.78, 5) is 26.9. The monoisotopic (exact) mass is 416 g/mol. The van der Waals surface area contributed by atoms with E-state index >= 15 is 0 Å². The summed E-state index contributed by atoms with van der Waals surface area (Å²) < 4.78 is 5.83. The van der Waals surface area contributed by atoms with Crippen LogP contribution in [0.15, 0.2) is 36.4 Å². The molecule has 2 aromatic rings. The van der Waals surface area contributed by atoms with Crippen molar-refractivity contribution in [2.75, 3.05) is 20.2 Å². The standard InChI is InChI=1S/C26H28N2O3/c1-17(29)9-23(24-13-18(15-27)10-22-7-8-31-26(22)24)14-25(30)28(2)16-19-11-20-5-3-4-6-21(20)12-19/h3-6,10,13,19,23H,7-9,11-12,14,16H2,1-2H3. The van der Waals surface area contributed by atoms with Crippen molar-refractivity contribution in [3.8, 4) is 11.8 Å². The minimum Gasteiger partial charge on any atom is -0.493 e. The van der Waals surface area contributed by atoms with Crippen LogP contribution in [0.5, 0.6) is 5.75 Å². The lowest BCUT2D eigenvalue weighted by Crippen LogP contribution is -2.33. The summed E-state index contributed by atoms with van der Waals surface area (Å²) in [7, 11) is 1.85. The van der Waals surface area contributed by atoms with Gasteiger partial charge in [-0.25, -0.2) is 0 Å². The summed E-state index contributed by atoms with van der Waals surface area (Å²) in [5.41, 5.74) is 5.12. The summed E-state index contributed by atoms with van der Waals surface area (Å²) in [5, 5.41) is 9.43. The van der Waals surface area contributed by atoms with Crippen molar-refractivity contribution in [3.05, 3.63) is 64.2 Å². The molecule has 1 heterocycles. The van der Waals surface area contributed by atoms with E-state index in [0.717, 1.165) is 36.1 Å². The quantitative estimate of drug-likeness (QED) is 0.688. The van der Waals surface area contributed by atoms with E-state index in [0.29, 0.717) is 24.6 Å². The number of nitriles is 1. The Hall–Kier alpha value is -3.13. The van der Waals surface area contributed by atoms with Gasteiger partial charge in [0.25, 0.3) is 0 Å². The first-order chi connectivity index (χ1) is 14.9. The Kier molecular flexibility index (Phi) is 6.08. The topological polar surface area (TPSA) is 70.4 Å². The van der Waals surface area contributed by atoms with Crippen LogP contribution in [0.2, 0.25) is 0 Å². The Morgan fingerprint density at radius 1 is 1.16 bits per heavy atom. The van der Waals surface area contributed by atoms with Gasteiger partial charge >= 0.3 is 0 Å². The van der Waals surface area contributed by atoms with E-state index < -0.39 is 0 Å². The highest BCUT2D eigenvalue weighted by Crippen LogP contribution is 2.39. The lowest BCUT2D eigenvalue weighted by Gasteiger charge is -2.25. The van der Waals surface area contributed by atoms with Crippen LogP contribution in [0.3, 0.4) is 0 Å². The predicted octanol–water partition coefficient (Wildman–Crippen LogP) is 3.82. The fourth-order valence-corrected chi connectivity index (χ4v) is 4.98. The third kappa shape index (κ3) is 4.64. The Bertz CT molecular complexity index is 1030. The average Bonchev–Trinajstić information content (AvgIpc) is 3.38. The average molecular weight is 417 g/mol. The van der Waals surface area contributed by atoms with E-state index in [1.165, 1.54) is 11.1 Å². The summed E-state index contributed by atoms with van der Waals surface area (Å²) in [5.74, 6) is 0.949. The molecule has 0 radical (unpaired) electrons. The minimum absolute atomic E-state index is 0.0244. The molecule has 1 aliphatic carbocycles.